The molecular weight excluding hydrogens is 164 g/mol. The Hall–Kier alpha value is -1.44. The van der Waals surface area contributed by atoms with Crippen LogP contribution in [0.2, 0.25) is 0 Å². The minimum absolute atomic E-state index is 0.171. The van der Waals surface area contributed by atoms with Crippen LogP contribution in [0.3, 0.4) is 0 Å². The summed E-state index contributed by atoms with van der Waals surface area (Å²) >= 11 is 0. The van der Waals surface area contributed by atoms with E-state index in [1.54, 1.807) is 12.1 Å². The number of ketones is 1. The third kappa shape index (κ3) is 1.39. The standard InChI is InChI=1S/C11H10O2/c12-7-8-4-5-9-2-1-3-11(13)10(9)6-8/h4-7H,1-3H2. The van der Waals surface area contributed by atoms with Gasteiger partial charge in [0, 0.05) is 17.5 Å². The summed E-state index contributed by atoms with van der Waals surface area (Å²) in [6, 6.07) is 5.35. The van der Waals surface area contributed by atoms with Crippen molar-refractivity contribution in [3.8, 4) is 0 Å². The zero-order valence-electron chi connectivity index (χ0n) is 7.25. The predicted octanol–water partition coefficient (Wildman–Crippen LogP) is 2.02. The molecule has 2 heteroatoms. The van der Waals surface area contributed by atoms with Gasteiger partial charge >= 0.3 is 0 Å². The van der Waals surface area contributed by atoms with E-state index in [1.165, 1.54) is 0 Å². The number of rotatable bonds is 1. The Balaban J connectivity index is 2.53. The molecular formula is C11H10O2. The van der Waals surface area contributed by atoms with Crippen molar-refractivity contribution in [2.75, 3.05) is 0 Å². The smallest absolute Gasteiger partial charge is 0.163 e. The van der Waals surface area contributed by atoms with Crippen LogP contribution in [0, 0.1) is 0 Å². The van der Waals surface area contributed by atoms with Gasteiger partial charge in [0.15, 0.2) is 5.78 Å². The fourth-order valence-corrected chi connectivity index (χ4v) is 1.72. The molecule has 1 aliphatic carbocycles. The summed E-state index contributed by atoms with van der Waals surface area (Å²) in [6.07, 6.45) is 3.30. The normalized spacial score (nSPS) is 15.2. The van der Waals surface area contributed by atoms with Crippen LogP contribution >= 0.6 is 0 Å². The van der Waals surface area contributed by atoms with Gasteiger partial charge in [0.2, 0.25) is 0 Å². The number of benzene rings is 1. The van der Waals surface area contributed by atoms with Crippen molar-refractivity contribution in [2.45, 2.75) is 19.3 Å². The first-order valence-electron chi connectivity index (χ1n) is 4.42. The van der Waals surface area contributed by atoms with E-state index in [4.69, 9.17) is 0 Å². The molecule has 0 spiro atoms. The molecule has 2 rings (SSSR count). The van der Waals surface area contributed by atoms with Crippen LogP contribution in [0.1, 0.15) is 39.1 Å². The van der Waals surface area contributed by atoms with Gasteiger partial charge in [0.05, 0.1) is 0 Å². The van der Waals surface area contributed by atoms with E-state index in [2.05, 4.69) is 0 Å². The summed E-state index contributed by atoms with van der Waals surface area (Å²) in [5.41, 5.74) is 2.42. The predicted molar refractivity (Wildman–Crippen MR) is 49.1 cm³/mol. The number of hydrogen-bond acceptors (Lipinski definition) is 2. The van der Waals surface area contributed by atoms with Crippen molar-refractivity contribution in [3.05, 3.63) is 34.9 Å². The largest absolute Gasteiger partial charge is 0.298 e. The summed E-state index contributed by atoms with van der Waals surface area (Å²) in [5.74, 6) is 0.171. The van der Waals surface area contributed by atoms with Crippen molar-refractivity contribution in [2.24, 2.45) is 0 Å². The van der Waals surface area contributed by atoms with Crippen LogP contribution < -0.4 is 0 Å². The Bertz CT molecular complexity index is 366. The molecule has 0 bridgehead atoms. The monoisotopic (exact) mass is 174 g/mol. The van der Waals surface area contributed by atoms with E-state index in [0.29, 0.717) is 12.0 Å². The van der Waals surface area contributed by atoms with Crippen LogP contribution in [-0.4, -0.2) is 12.1 Å². The molecule has 0 amide bonds. The topological polar surface area (TPSA) is 34.1 Å². The lowest BCUT2D eigenvalue weighted by molar-refractivity contribution is 0.0972. The fourth-order valence-electron chi connectivity index (χ4n) is 1.72. The van der Waals surface area contributed by atoms with Crippen LogP contribution in [0.4, 0.5) is 0 Å². The molecule has 1 aliphatic rings. The summed E-state index contributed by atoms with van der Waals surface area (Å²) in [6.45, 7) is 0. The summed E-state index contributed by atoms with van der Waals surface area (Å²) in [7, 11) is 0. The molecule has 1 aromatic carbocycles. The molecule has 0 radical (unpaired) electrons. The quantitative estimate of drug-likeness (QED) is 0.610. The zero-order valence-corrected chi connectivity index (χ0v) is 7.25. The molecule has 0 heterocycles. The van der Waals surface area contributed by atoms with Gasteiger partial charge in [-0.1, -0.05) is 12.1 Å². The molecule has 0 unspecified atom stereocenters. The number of aryl methyl sites for hydroxylation is 1. The molecule has 66 valence electrons. The van der Waals surface area contributed by atoms with E-state index in [0.717, 1.165) is 30.3 Å². The van der Waals surface area contributed by atoms with Gasteiger partial charge < -0.3 is 0 Å². The number of carbonyl (C=O) groups is 2. The SMILES string of the molecule is O=Cc1ccc2c(c1)C(=O)CCC2. The molecule has 0 N–H and O–H groups in total. The van der Waals surface area contributed by atoms with Crippen molar-refractivity contribution in [3.63, 3.8) is 0 Å². The van der Waals surface area contributed by atoms with Crippen molar-refractivity contribution < 1.29 is 9.59 Å². The van der Waals surface area contributed by atoms with E-state index in [-0.39, 0.29) is 5.78 Å². The van der Waals surface area contributed by atoms with Gasteiger partial charge in [0.25, 0.3) is 0 Å². The second kappa shape index (κ2) is 3.13. The number of hydrogen-bond donors (Lipinski definition) is 0. The Kier molecular flexibility index (Phi) is 1.97. The number of carbonyl (C=O) groups excluding carboxylic acids is 2. The van der Waals surface area contributed by atoms with Crippen LogP contribution in [0.15, 0.2) is 18.2 Å². The van der Waals surface area contributed by atoms with Gasteiger partial charge in [-0.15, -0.1) is 0 Å². The highest BCUT2D eigenvalue weighted by Gasteiger charge is 2.16. The molecule has 0 saturated heterocycles. The molecule has 1 aromatic rings. The average molecular weight is 174 g/mol. The van der Waals surface area contributed by atoms with E-state index >= 15 is 0 Å². The lowest BCUT2D eigenvalue weighted by atomic mass is 9.89. The third-order valence-corrected chi connectivity index (χ3v) is 2.42. The minimum atomic E-state index is 0.171. The Morgan fingerprint density at radius 2 is 2.08 bits per heavy atom. The molecule has 0 aromatic heterocycles. The van der Waals surface area contributed by atoms with Gasteiger partial charge in [-0.05, 0) is 24.5 Å². The maximum atomic E-state index is 11.4. The lowest BCUT2D eigenvalue weighted by Crippen LogP contribution is -2.10. The minimum Gasteiger partial charge on any atom is -0.298 e. The highest BCUT2D eigenvalue weighted by molar-refractivity contribution is 5.99. The summed E-state index contributed by atoms with van der Waals surface area (Å²) in [5, 5.41) is 0. The molecule has 13 heavy (non-hydrogen) atoms. The maximum Gasteiger partial charge on any atom is 0.163 e. The Morgan fingerprint density at radius 3 is 2.85 bits per heavy atom. The van der Waals surface area contributed by atoms with Gasteiger partial charge in [-0.25, -0.2) is 0 Å². The average Bonchev–Trinajstić information content (AvgIpc) is 2.18. The molecule has 0 aliphatic heterocycles. The van der Waals surface area contributed by atoms with Crippen molar-refractivity contribution in [1.29, 1.82) is 0 Å². The second-order valence-corrected chi connectivity index (χ2v) is 3.31. The second-order valence-electron chi connectivity index (χ2n) is 3.31. The Labute approximate surface area is 76.6 Å². The molecule has 0 atom stereocenters. The molecule has 2 nitrogen and oxygen atoms in total. The van der Waals surface area contributed by atoms with Crippen LogP contribution in [-0.2, 0) is 6.42 Å². The zero-order chi connectivity index (χ0) is 9.26. The highest BCUT2D eigenvalue weighted by atomic mass is 16.1. The first-order chi connectivity index (χ1) is 6.31. The lowest BCUT2D eigenvalue weighted by Gasteiger charge is -2.14. The van der Waals surface area contributed by atoms with Crippen molar-refractivity contribution in [1.82, 2.24) is 0 Å². The fraction of sp³-hybridized carbons (Fsp3) is 0.273. The number of Topliss-reactive ketones (excluding diaryl/α,β-unsaturated/α-hetero) is 1. The van der Waals surface area contributed by atoms with E-state index < -0.39 is 0 Å². The first kappa shape index (κ1) is 8.17. The number of fused-ring (bicyclic) bond motifs is 1. The van der Waals surface area contributed by atoms with Gasteiger partial charge in [-0.3, -0.25) is 9.59 Å². The van der Waals surface area contributed by atoms with Crippen molar-refractivity contribution >= 4 is 12.1 Å². The first-order valence-corrected chi connectivity index (χ1v) is 4.42. The number of aldehydes is 1. The maximum absolute atomic E-state index is 11.4. The highest BCUT2D eigenvalue weighted by Crippen LogP contribution is 2.21. The van der Waals surface area contributed by atoms with Gasteiger partial charge in [0.1, 0.15) is 6.29 Å². The van der Waals surface area contributed by atoms with Gasteiger partial charge in [-0.2, -0.15) is 0 Å². The molecule has 0 saturated carbocycles. The van der Waals surface area contributed by atoms with E-state index in [1.807, 2.05) is 6.07 Å². The summed E-state index contributed by atoms with van der Waals surface area (Å²) < 4.78 is 0. The van der Waals surface area contributed by atoms with Crippen LogP contribution in [0.5, 0.6) is 0 Å². The summed E-state index contributed by atoms with van der Waals surface area (Å²) in [4.78, 5) is 21.9. The third-order valence-electron chi connectivity index (χ3n) is 2.42. The Morgan fingerprint density at radius 1 is 1.23 bits per heavy atom. The molecule has 0 fully saturated rings. The van der Waals surface area contributed by atoms with Crippen LogP contribution in [0.25, 0.3) is 0 Å². The van der Waals surface area contributed by atoms with E-state index in [9.17, 15) is 9.59 Å².